The van der Waals surface area contributed by atoms with Gasteiger partial charge in [-0.05, 0) is 6.42 Å². The fourth-order valence-electron chi connectivity index (χ4n) is 0.667. The summed E-state index contributed by atoms with van der Waals surface area (Å²) in [5.41, 5.74) is 0. The molecular formula is C5H6F2O2. The van der Waals surface area contributed by atoms with E-state index >= 15 is 0 Å². The lowest BCUT2D eigenvalue weighted by molar-refractivity contribution is -0.180. The Hall–Kier alpha value is -0.670. The molecule has 9 heavy (non-hydrogen) atoms. The van der Waals surface area contributed by atoms with E-state index in [0.29, 0.717) is 0 Å². The van der Waals surface area contributed by atoms with E-state index in [4.69, 9.17) is 0 Å². The van der Waals surface area contributed by atoms with Crippen molar-refractivity contribution in [3.8, 4) is 0 Å². The van der Waals surface area contributed by atoms with E-state index in [1.807, 2.05) is 0 Å². The molecular weight excluding hydrogens is 130 g/mol. The third kappa shape index (κ3) is 1.17. The van der Waals surface area contributed by atoms with Crippen LogP contribution in [0.15, 0.2) is 0 Å². The molecule has 0 aromatic rings. The van der Waals surface area contributed by atoms with Crippen LogP contribution in [0.25, 0.3) is 0 Å². The quantitative estimate of drug-likeness (QED) is 0.463. The van der Waals surface area contributed by atoms with Gasteiger partial charge >= 0.3 is 11.9 Å². The number of esters is 1. The van der Waals surface area contributed by atoms with Gasteiger partial charge in [0.15, 0.2) is 0 Å². The maximum Gasteiger partial charge on any atom is 0.376 e. The number of halogens is 2. The van der Waals surface area contributed by atoms with Crippen molar-refractivity contribution < 1.29 is 18.3 Å². The Bertz CT molecular complexity index is 133. The van der Waals surface area contributed by atoms with Gasteiger partial charge in [-0.15, -0.1) is 0 Å². The number of hydrogen-bond donors (Lipinski definition) is 0. The molecule has 1 aliphatic rings. The molecule has 0 radical (unpaired) electrons. The van der Waals surface area contributed by atoms with Crippen LogP contribution in [0.3, 0.4) is 0 Å². The standard InChI is InChI=1S/C5H6F2O2/c6-5(7)2-1-3-9-4(5)8/h1-3H2. The topological polar surface area (TPSA) is 26.3 Å². The SMILES string of the molecule is O=C1OCCCC1(F)F. The summed E-state index contributed by atoms with van der Waals surface area (Å²) < 4.78 is 28.4. The maximum atomic E-state index is 12.1. The summed E-state index contributed by atoms with van der Waals surface area (Å²) in [6.45, 7) is 0.133. The summed E-state index contributed by atoms with van der Waals surface area (Å²) in [4.78, 5) is 10.1. The van der Waals surface area contributed by atoms with Crippen LogP contribution in [0, 0.1) is 0 Å². The van der Waals surface area contributed by atoms with E-state index in [1.54, 1.807) is 0 Å². The molecule has 0 atom stereocenters. The molecule has 1 fully saturated rings. The number of alkyl halides is 2. The van der Waals surface area contributed by atoms with Crippen molar-refractivity contribution in [3.63, 3.8) is 0 Å². The highest BCUT2D eigenvalue weighted by Gasteiger charge is 2.42. The van der Waals surface area contributed by atoms with Gasteiger partial charge in [-0.3, -0.25) is 0 Å². The fourth-order valence-corrected chi connectivity index (χ4v) is 0.667. The minimum Gasteiger partial charge on any atom is -0.461 e. The summed E-state index contributed by atoms with van der Waals surface area (Å²) in [6, 6.07) is 0. The number of rotatable bonds is 0. The Balaban J connectivity index is 2.60. The second-order valence-electron chi connectivity index (χ2n) is 1.94. The predicted molar refractivity (Wildman–Crippen MR) is 25.1 cm³/mol. The summed E-state index contributed by atoms with van der Waals surface area (Å²) in [5.74, 6) is -4.60. The van der Waals surface area contributed by atoms with E-state index in [9.17, 15) is 13.6 Å². The van der Waals surface area contributed by atoms with Gasteiger partial charge in [-0.1, -0.05) is 0 Å². The van der Waals surface area contributed by atoms with Gasteiger partial charge < -0.3 is 4.74 Å². The van der Waals surface area contributed by atoms with E-state index in [2.05, 4.69) is 4.74 Å². The molecule has 1 rings (SSSR count). The van der Waals surface area contributed by atoms with E-state index in [-0.39, 0.29) is 19.4 Å². The molecule has 1 saturated heterocycles. The lowest BCUT2D eigenvalue weighted by atomic mass is 10.1. The summed E-state index contributed by atoms with van der Waals surface area (Å²) >= 11 is 0. The zero-order valence-electron chi connectivity index (χ0n) is 4.69. The molecule has 0 aliphatic carbocycles. The molecule has 2 nitrogen and oxygen atoms in total. The molecule has 0 aromatic carbocycles. The molecule has 0 N–H and O–H groups in total. The smallest absolute Gasteiger partial charge is 0.376 e. The second kappa shape index (κ2) is 1.93. The third-order valence-corrected chi connectivity index (χ3v) is 1.17. The molecule has 0 saturated carbocycles. The number of hydrogen-bond acceptors (Lipinski definition) is 2. The first-order valence-electron chi connectivity index (χ1n) is 2.68. The lowest BCUT2D eigenvalue weighted by Crippen LogP contribution is -2.35. The molecule has 52 valence electrons. The van der Waals surface area contributed by atoms with Crippen LogP contribution in [0.1, 0.15) is 12.8 Å². The molecule has 0 amide bonds. The van der Waals surface area contributed by atoms with Gasteiger partial charge in [0.05, 0.1) is 6.61 Å². The first-order valence-corrected chi connectivity index (χ1v) is 2.68. The average molecular weight is 136 g/mol. The van der Waals surface area contributed by atoms with E-state index in [0.717, 1.165) is 0 Å². The Labute approximate surface area is 50.8 Å². The monoisotopic (exact) mass is 136 g/mol. The highest BCUT2D eigenvalue weighted by Crippen LogP contribution is 2.25. The summed E-state index contributed by atoms with van der Waals surface area (Å²) in [5, 5.41) is 0. The molecule has 0 bridgehead atoms. The lowest BCUT2D eigenvalue weighted by Gasteiger charge is -2.19. The van der Waals surface area contributed by atoms with Crippen LogP contribution in [-0.2, 0) is 9.53 Å². The molecule has 0 unspecified atom stereocenters. The summed E-state index contributed by atoms with van der Waals surface area (Å²) in [6.07, 6.45) is -0.107. The number of ether oxygens (including phenoxy) is 1. The van der Waals surface area contributed by atoms with Crippen molar-refractivity contribution in [1.82, 2.24) is 0 Å². The third-order valence-electron chi connectivity index (χ3n) is 1.17. The van der Waals surface area contributed by atoms with Crippen molar-refractivity contribution in [1.29, 1.82) is 0 Å². The van der Waals surface area contributed by atoms with Gasteiger partial charge in [-0.2, -0.15) is 8.78 Å². The zero-order valence-corrected chi connectivity index (χ0v) is 4.69. The fraction of sp³-hybridized carbons (Fsp3) is 0.800. The van der Waals surface area contributed by atoms with Crippen LogP contribution in [0.4, 0.5) is 8.78 Å². The Morgan fingerprint density at radius 3 is 2.56 bits per heavy atom. The van der Waals surface area contributed by atoms with E-state index < -0.39 is 11.9 Å². The summed E-state index contributed by atoms with van der Waals surface area (Å²) in [7, 11) is 0. The minimum absolute atomic E-state index is 0.133. The van der Waals surface area contributed by atoms with Gasteiger partial charge in [0, 0.05) is 6.42 Å². The van der Waals surface area contributed by atoms with Crippen LogP contribution >= 0.6 is 0 Å². The average Bonchev–Trinajstić information content (AvgIpc) is 1.77. The van der Waals surface area contributed by atoms with Crippen molar-refractivity contribution in [2.45, 2.75) is 18.8 Å². The van der Waals surface area contributed by atoms with Crippen molar-refractivity contribution >= 4 is 5.97 Å². The highest BCUT2D eigenvalue weighted by molar-refractivity contribution is 5.77. The minimum atomic E-state index is -3.22. The number of carbonyl (C=O) groups excluding carboxylic acids is 1. The van der Waals surface area contributed by atoms with Crippen LogP contribution in [0.5, 0.6) is 0 Å². The highest BCUT2D eigenvalue weighted by atomic mass is 19.3. The second-order valence-corrected chi connectivity index (χ2v) is 1.94. The normalized spacial score (nSPS) is 25.3. The van der Waals surface area contributed by atoms with Crippen LogP contribution in [-0.4, -0.2) is 18.5 Å². The van der Waals surface area contributed by atoms with Crippen LogP contribution < -0.4 is 0 Å². The Morgan fingerprint density at radius 1 is 1.56 bits per heavy atom. The predicted octanol–water partition coefficient (Wildman–Crippen LogP) is 0.959. The molecule has 4 heteroatoms. The van der Waals surface area contributed by atoms with Crippen molar-refractivity contribution in [2.24, 2.45) is 0 Å². The molecule has 0 spiro atoms. The van der Waals surface area contributed by atoms with Gasteiger partial charge in [0.1, 0.15) is 0 Å². The molecule has 1 heterocycles. The molecule has 0 aromatic heterocycles. The first kappa shape index (κ1) is 6.45. The molecule has 1 aliphatic heterocycles. The Kier molecular flexibility index (Phi) is 1.38. The Morgan fingerprint density at radius 2 is 2.22 bits per heavy atom. The maximum absolute atomic E-state index is 12.1. The van der Waals surface area contributed by atoms with E-state index in [1.165, 1.54) is 0 Å². The largest absolute Gasteiger partial charge is 0.461 e. The van der Waals surface area contributed by atoms with Crippen molar-refractivity contribution in [2.75, 3.05) is 6.61 Å². The first-order chi connectivity index (χ1) is 4.13. The van der Waals surface area contributed by atoms with Gasteiger partial charge in [0.25, 0.3) is 0 Å². The zero-order chi connectivity index (χ0) is 6.91. The number of cyclic esters (lactones) is 1. The van der Waals surface area contributed by atoms with Gasteiger partial charge in [0.2, 0.25) is 0 Å². The number of carbonyl (C=O) groups is 1. The van der Waals surface area contributed by atoms with Crippen molar-refractivity contribution in [3.05, 3.63) is 0 Å². The van der Waals surface area contributed by atoms with Gasteiger partial charge in [-0.25, -0.2) is 4.79 Å². The van der Waals surface area contributed by atoms with Crippen LogP contribution in [0.2, 0.25) is 0 Å².